The molecule has 0 spiro atoms. The molecule has 0 aliphatic carbocycles. The summed E-state index contributed by atoms with van der Waals surface area (Å²) in [5.74, 6) is 0. The van der Waals surface area contributed by atoms with E-state index in [1.807, 2.05) is 13.8 Å². The predicted molar refractivity (Wildman–Crippen MR) is 37.9 cm³/mol. The van der Waals surface area contributed by atoms with Crippen LogP contribution in [-0.2, 0) is 11.1 Å². The van der Waals surface area contributed by atoms with Crippen LogP contribution in [0, 0.1) is 0 Å². The molecule has 0 fully saturated rings. The minimum atomic E-state index is -1.85. The van der Waals surface area contributed by atoms with Crippen LogP contribution in [0.3, 0.4) is 0 Å². The molecule has 0 heterocycles. The van der Waals surface area contributed by atoms with E-state index >= 15 is 0 Å². The van der Waals surface area contributed by atoms with Gasteiger partial charge >= 0.3 is 29.6 Å². The fourth-order valence-electron chi connectivity index (χ4n) is 0.758. The first-order valence-corrected chi connectivity index (χ1v) is 4.44. The molecule has 0 radical (unpaired) electrons. The zero-order chi connectivity index (χ0) is 7.28. The number of hydrogen-bond donors (Lipinski definition) is 0. The third-order valence-electron chi connectivity index (χ3n) is 1.34. The van der Waals surface area contributed by atoms with E-state index in [4.69, 9.17) is 0 Å². The van der Waals surface area contributed by atoms with Crippen LogP contribution in [0.2, 0.25) is 0 Å². The molecule has 0 aliphatic rings. The topological polar surface area (TPSA) is 40.1 Å². The van der Waals surface area contributed by atoms with Crippen molar-refractivity contribution in [2.45, 2.75) is 38.4 Å². The average molecular weight is 172 g/mol. The van der Waals surface area contributed by atoms with E-state index in [1.165, 1.54) is 0 Å². The molecule has 0 bridgehead atoms. The number of hydrogen-bond acceptors (Lipinski definition) is 2. The molecule has 4 heteroatoms. The Morgan fingerprint density at radius 1 is 1.50 bits per heavy atom. The van der Waals surface area contributed by atoms with Crippen molar-refractivity contribution < 1.29 is 38.3 Å². The standard InChI is InChI=1S/C6H14O2S.Na/c1-3-5-6(4-2)9(7)8;/h6H,3-5H2,1-2H3,(H,7,8);/q;+1/p-1. The molecule has 0 aromatic rings. The van der Waals surface area contributed by atoms with Crippen molar-refractivity contribution in [3.63, 3.8) is 0 Å². The van der Waals surface area contributed by atoms with E-state index in [9.17, 15) is 8.76 Å². The van der Waals surface area contributed by atoms with Crippen molar-refractivity contribution in [1.29, 1.82) is 0 Å². The molecule has 2 atom stereocenters. The van der Waals surface area contributed by atoms with Gasteiger partial charge in [0.15, 0.2) is 0 Å². The maximum absolute atomic E-state index is 10.3. The number of rotatable bonds is 4. The Labute approximate surface area is 87.4 Å². The van der Waals surface area contributed by atoms with E-state index in [0.717, 1.165) is 19.3 Å². The minimum Gasteiger partial charge on any atom is -0.772 e. The summed E-state index contributed by atoms with van der Waals surface area (Å²) in [7, 11) is 0. The molecular weight excluding hydrogens is 159 g/mol. The van der Waals surface area contributed by atoms with Gasteiger partial charge in [-0.3, -0.25) is 4.21 Å². The van der Waals surface area contributed by atoms with Crippen LogP contribution in [0.5, 0.6) is 0 Å². The predicted octanol–water partition coefficient (Wildman–Crippen LogP) is -1.55. The Kier molecular flexibility index (Phi) is 11.2. The van der Waals surface area contributed by atoms with Gasteiger partial charge in [-0.25, -0.2) is 0 Å². The first kappa shape index (κ1) is 13.7. The summed E-state index contributed by atoms with van der Waals surface area (Å²) < 4.78 is 20.6. The molecular formula is C6H13NaO2S. The van der Waals surface area contributed by atoms with E-state index < -0.39 is 11.1 Å². The van der Waals surface area contributed by atoms with Crippen molar-refractivity contribution in [1.82, 2.24) is 0 Å². The molecule has 0 aromatic carbocycles. The Bertz CT molecular complexity index is 97.7. The van der Waals surface area contributed by atoms with Crippen LogP contribution in [0.1, 0.15) is 33.1 Å². The molecule has 0 saturated carbocycles. The minimum absolute atomic E-state index is 0. The van der Waals surface area contributed by atoms with Crippen molar-refractivity contribution >= 4 is 11.1 Å². The van der Waals surface area contributed by atoms with Crippen LogP contribution in [0.15, 0.2) is 0 Å². The second kappa shape index (κ2) is 8.21. The van der Waals surface area contributed by atoms with Gasteiger partial charge in [0.1, 0.15) is 0 Å². The van der Waals surface area contributed by atoms with Gasteiger partial charge in [-0.15, -0.1) is 0 Å². The smallest absolute Gasteiger partial charge is 0.772 e. The SMILES string of the molecule is CCCC(CC)S(=O)[O-].[Na+]. The fourth-order valence-corrected chi connectivity index (χ4v) is 1.46. The molecule has 0 amide bonds. The van der Waals surface area contributed by atoms with Crippen molar-refractivity contribution in [2.24, 2.45) is 0 Å². The van der Waals surface area contributed by atoms with Gasteiger partial charge in [0.25, 0.3) is 0 Å². The third kappa shape index (κ3) is 5.86. The molecule has 56 valence electrons. The van der Waals surface area contributed by atoms with E-state index in [0.29, 0.717) is 0 Å². The van der Waals surface area contributed by atoms with Gasteiger partial charge in [-0.2, -0.15) is 0 Å². The molecule has 0 aromatic heterocycles. The van der Waals surface area contributed by atoms with Crippen LogP contribution in [0.25, 0.3) is 0 Å². The van der Waals surface area contributed by atoms with Gasteiger partial charge in [0.2, 0.25) is 0 Å². The molecule has 0 saturated heterocycles. The van der Waals surface area contributed by atoms with E-state index in [-0.39, 0.29) is 34.8 Å². The summed E-state index contributed by atoms with van der Waals surface area (Å²) in [6, 6.07) is 0. The van der Waals surface area contributed by atoms with Gasteiger partial charge in [0, 0.05) is 5.25 Å². The van der Waals surface area contributed by atoms with Crippen LogP contribution < -0.4 is 29.6 Å². The molecule has 2 nitrogen and oxygen atoms in total. The van der Waals surface area contributed by atoms with Crippen molar-refractivity contribution in [2.75, 3.05) is 0 Å². The van der Waals surface area contributed by atoms with Crippen molar-refractivity contribution in [3.05, 3.63) is 0 Å². The first-order valence-electron chi connectivity index (χ1n) is 3.30. The zero-order valence-corrected chi connectivity index (χ0v) is 9.74. The maximum Gasteiger partial charge on any atom is 1.00 e. The van der Waals surface area contributed by atoms with E-state index in [2.05, 4.69) is 0 Å². The summed E-state index contributed by atoms with van der Waals surface area (Å²) in [5, 5.41) is -0.116. The summed E-state index contributed by atoms with van der Waals surface area (Å²) in [6.07, 6.45) is 2.49. The Morgan fingerprint density at radius 3 is 2.10 bits per heavy atom. The quantitative estimate of drug-likeness (QED) is 0.380. The van der Waals surface area contributed by atoms with Gasteiger partial charge in [0.05, 0.1) is 0 Å². The second-order valence-electron chi connectivity index (χ2n) is 2.08. The maximum atomic E-state index is 10.3. The second-order valence-corrected chi connectivity index (χ2v) is 3.27. The first-order chi connectivity index (χ1) is 4.22. The largest absolute Gasteiger partial charge is 1.00 e. The molecule has 0 aliphatic heterocycles. The molecule has 0 rings (SSSR count). The van der Waals surface area contributed by atoms with Gasteiger partial charge < -0.3 is 4.55 Å². The van der Waals surface area contributed by atoms with Crippen LogP contribution >= 0.6 is 0 Å². The fraction of sp³-hybridized carbons (Fsp3) is 1.00. The summed E-state index contributed by atoms with van der Waals surface area (Å²) in [6.45, 7) is 3.89. The van der Waals surface area contributed by atoms with Gasteiger partial charge in [-0.1, -0.05) is 31.3 Å². The van der Waals surface area contributed by atoms with Gasteiger partial charge in [-0.05, 0) is 12.8 Å². The van der Waals surface area contributed by atoms with Crippen LogP contribution in [0.4, 0.5) is 0 Å². The Balaban J connectivity index is 0. The molecule has 10 heavy (non-hydrogen) atoms. The van der Waals surface area contributed by atoms with Crippen molar-refractivity contribution in [3.8, 4) is 0 Å². The Hall–Kier alpha value is 1.11. The molecule has 0 N–H and O–H groups in total. The normalized spacial score (nSPS) is 15.5. The summed E-state index contributed by atoms with van der Waals surface area (Å²) in [5.41, 5.74) is 0. The monoisotopic (exact) mass is 172 g/mol. The van der Waals surface area contributed by atoms with Crippen LogP contribution in [-0.4, -0.2) is 14.0 Å². The average Bonchev–Trinajstić information content (AvgIpc) is 1.82. The van der Waals surface area contributed by atoms with E-state index in [1.54, 1.807) is 0 Å². The summed E-state index contributed by atoms with van der Waals surface area (Å²) in [4.78, 5) is 0. The molecule has 2 unspecified atom stereocenters. The Morgan fingerprint density at radius 2 is 2.00 bits per heavy atom. The third-order valence-corrected chi connectivity index (χ3v) is 2.45. The zero-order valence-electron chi connectivity index (χ0n) is 6.92. The summed E-state index contributed by atoms with van der Waals surface area (Å²) >= 11 is -1.85.